The average Bonchev–Trinajstić information content (AvgIpc) is 0.754. The summed E-state index contributed by atoms with van der Waals surface area (Å²) in [5, 5.41) is 239. The number of phenolic OH excluding ortho intramolecular Hbond substituents is 25. The summed E-state index contributed by atoms with van der Waals surface area (Å²) in [4.78, 5) is 75.3. The number of rotatable bonds is 12. The van der Waals surface area contributed by atoms with Crippen molar-refractivity contribution in [1.82, 2.24) is 0 Å². The predicted octanol–water partition coefficient (Wildman–Crippen LogP) is 24.6. The van der Waals surface area contributed by atoms with Gasteiger partial charge in [0, 0.05) is 81.4 Å². The topological polar surface area (TPSA) is 608 Å². The third-order valence-electron chi connectivity index (χ3n) is 16.6. The van der Waals surface area contributed by atoms with E-state index in [1.165, 1.54) is 54.6 Å². The number of benzene rings is 12. The first-order chi connectivity index (χ1) is 59.3. The molecule has 0 fully saturated rings. The van der Waals surface area contributed by atoms with Gasteiger partial charge in [0.15, 0.2) is 173 Å². The first kappa shape index (κ1) is 108. The minimum Gasteiger partial charge on any atom is -0.504 e. The van der Waals surface area contributed by atoms with Crippen LogP contribution in [-0.4, -0.2) is 162 Å². The maximum Gasteiger partial charge on any atom is 0.201 e. The maximum absolute atomic E-state index is 13.0. The van der Waals surface area contributed by atoms with Crippen LogP contribution in [-0.2, 0) is 0 Å². The van der Waals surface area contributed by atoms with Crippen molar-refractivity contribution in [3.63, 3.8) is 0 Å². The van der Waals surface area contributed by atoms with Crippen molar-refractivity contribution in [2.75, 3.05) is 0 Å². The molecule has 0 saturated carbocycles. The van der Waals surface area contributed by atoms with Gasteiger partial charge >= 0.3 is 0 Å². The van der Waals surface area contributed by atoms with Crippen LogP contribution >= 0.6 is 303 Å². The molecule has 0 heterocycles. The molecule has 31 nitrogen and oxygen atoms in total. The third-order valence-corrected chi connectivity index (χ3v) is 34.0. The zero-order chi connectivity index (χ0) is 97.1. The van der Waals surface area contributed by atoms with Crippen molar-refractivity contribution in [3.8, 4) is 144 Å². The van der Waals surface area contributed by atoms with Gasteiger partial charge in [0.1, 0.15) is 0 Å². The van der Waals surface area contributed by atoms with Crippen LogP contribution in [0.2, 0.25) is 0 Å². The maximum atomic E-state index is 13.0. The Morgan fingerprint density at radius 1 is 0.148 bits per heavy atom. The van der Waals surface area contributed by atoms with Crippen LogP contribution in [0.15, 0.2) is 182 Å². The smallest absolute Gasteiger partial charge is 0.201 e. The third kappa shape index (κ3) is 22.8. The minimum atomic E-state index is -0.758. The molecule has 0 aliphatic carbocycles. The van der Waals surface area contributed by atoms with Crippen LogP contribution in [0.25, 0.3) is 0 Å². The van der Waals surface area contributed by atoms with Crippen LogP contribution in [0, 0.1) is 0 Å². The van der Waals surface area contributed by atoms with E-state index in [2.05, 4.69) is 303 Å². The lowest BCUT2D eigenvalue weighted by Gasteiger charge is -2.16. The second kappa shape index (κ2) is 44.5. The quantitative estimate of drug-likeness (QED) is 0.0307. The fourth-order valence-electron chi connectivity index (χ4n) is 9.99. The molecule has 0 aromatic heterocycles. The Labute approximate surface area is 875 Å². The number of halogens is 19. The zero-order valence-electron chi connectivity index (χ0n) is 61.0. The molecular formula is C78H41Br19O31. The summed E-state index contributed by atoms with van der Waals surface area (Å²) in [5.74, 6) is -15.0. The van der Waals surface area contributed by atoms with Crippen LogP contribution in [0.3, 0.4) is 0 Å². The largest absolute Gasteiger partial charge is 0.504 e. The molecule has 0 aliphatic heterocycles. The van der Waals surface area contributed by atoms with Crippen LogP contribution < -0.4 is 0 Å². The number of carbonyl (C=O) groups excluding carboxylic acids is 6. The molecule has 50 heteroatoms. The first-order valence-corrected chi connectivity index (χ1v) is 47.7. The number of aromatic hydroxyl groups is 25. The molecule has 12 aromatic rings. The summed E-state index contributed by atoms with van der Waals surface area (Å²) >= 11 is 58.7. The van der Waals surface area contributed by atoms with Crippen LogP contribution in [0.5, 0.6) is 144 Å². The summed E-state index contributed by atoms with van der Waals surface area (Å²) in [7, 11) is 0. The highest BCUT2D eigenvalue weighted by Gasteiger charge is 2.34. The van der Waals surface area contributed by atoms with Crippen molar-refractivity contribution >= 4 is 337 Å². The van der Waals surface area contributed by atoms with Gasteiger partial charge in [0.05, 0.1) is 70.4 Å². The monoisotopic (exact) mass is 2970 g/mol. The summed E-state index contributed by atoms with van der Waals surface area (Å²) in [5.41, 5.74) is 0.537. The van der Waals surface area contributed by atoms with E-state index in [9.17, 15) is 156 Å². The standard InChI is InChI=1S/C13H4Br6O5.C13H5Br5O5.C13H7Br3O5.C13H8Br2O6.C13H8Br2O5.C13H9BrO5/c14-3-1(5(16)10(21)12(23)7(3)18)9(20)2-4(15)8(19)13(24)11(22)6(2)17;14-5-2(1-3(19)11(21)8(5)17)10(20)4-6(15)9(18)13(23)12(22)7(4)16;14-6-3-8(18)7(17)1-4(6)12(20)5-2-9(19)13(21)11(16)10(5)15;14-8-4(1-2-6(16)11(8)19)10(18)5-3-7(17)12(20)13(21)9(5)15;14-7-4-10(18)9(17)3-6(7)12(19)5-1-2-8(16)13(20)11(5)15;14-11-7(2-4-9(16)13(11)19)12(18)6-1-3-8(15)10(17)5-6/h21-24H;1,19,21-23H;1-3,17-19,21H;1-3,16-17,19-21H;1-4,16-18,20H;1-5,15-17,19H. The molecule has 0 saturated heterocycles. The molecule has 25 N–H and O–H groups in total. The molecule has 0 atom stereocenters. The minimum absolute atomic E-state index is 0.00411. The summed E-state index contributed by atoms with van der Waals surface area (Å²) in [6, 6.07) is 18.8. The number of carbonyl (C=O) groups is 6. The lowest BCUT2D eigenvalue weighted by Crippen LogP contribution is -2.07. The average molecular weight is 2990 g/mol. The molecule has 0 unspecified atom stereocenters. The number of phenols is 25. The van der Waals surface area contributed by atoms with Crippen LogP contribution in [0.1, 0.15) is 95.5 Å². The van der Waals surface area contributed by atoms with Gasteiger partial charge in [-0.1, -0.05) is 0 Å². The van der Waals surface area contributed by atoms with Gasteiger partial charge in [-0.3, -0.25) is 28.8 Å². The van der Waals surface area contributed by atoms with E-state index >= 15 is 0 Å². The molecule has 0 spiro atoms. The highest BCUT2D eigenvalue weighted by atomic mass is 79.9. The Bertz CT molecular complexity index is 6440. The molecule has 0 radical (unpaired) electrons. The summed E-state index contributed by atoms with van der Waals surface area (Å²) < 4.78 is 1.99. The Kier molecular flexibility index (Phi) is 37.5. The Hall–Kier alpha value is -7.22. The Morgan fingerprint density at radius 2 is 0.367 bits per heavy atom. The fraction of sp³-hybridized carbons (Fsp3) is 0. The predicted molar refractivity (Wildman–Crippen MR) is 526 cm³/mol. The van der Waals surface area contributed by atoms with E-state index in [1.807, 2.05) is 0 Å². The molecule has 672 valence electrons. The summed E-state index contributed by atoms with van der Waals surface area (Å²) in [6.07, 6.45) is 0. The normalized spacial score (nSPS) is 10.6. The molecule has 12 rings (SSSR count). The van der Waals surface area contributed by atoms with Crippen molar-refractivity contribution in [3.05, 3.63) is 249 Å². The van der Waals surface area contributed by atoms with Gasteiger partial charge in [-0.15, -0.1) is 0 Å². The lowest BCUT2D eigenvalue weighted by molar-refractivity contribution is 0.102. The zero-order valence-corrected chi connectivity index (χ0v) is 91.2. The van der Waals surface area contributed by atoms with Gasteiger partial charge in [0.2, 0.25) is 5.75 Å². The van der Waals surface area contributed by atoms with E-state index in [1.54, 1.807) is 0 Å². The molecule has 128 heavy (non-hydrogen) atoms. The molecular weight excluding hydrogens is 2950 g/mol. The molecule has 0 aliphatic rings. The van der Waals surface area contributed by atoms with E-state index in [-0.39, 0.29) is 180 Å². The van der Waals surface area contributed by atoms with Gasteiger partial charge in [0.25, 0.3) is 0 Å². The highest BCUT2D eigenvalue weighted by molar-refractivity contribution is 9.15. The SMILES string of the molecule is O=C(c1c(Br)c(O)c(O)c(Br)c1Br)c1c(Br)c(O)c(O)c(Br)c1Br.O=C(c1cc(O)c(O)c(Br)c1Br)c1c(Br)c(O)c(O)c(Br)c1Br.O=C(c1cc(O)c(O)cc1Br)c1cc(O)c(O)c(Br)c1Br.O=C(c1cc(O)c(O)cc1Br)c1ccc(O)c(O)c1Br.O=C(c1ccc(O)c(O)c1)c1ccc(O)c(O)c1Br.O=C(c1ccc(O)c(O)c1Br)c1cc(O)c(O)c(O)c1Br. The Morgan fingerprint density at radius 3 is 0.703 bits per heavy atom. The fourth-order valence-corrected chi connectivity index (χ4v) is 20.2. The van der Waals surface area contributed by atoms with Gasteiger partial charge in [-0.2, -0.15) is 0 Å². The van der Waals surface area contributed by atoms with E-state index in [0.717, 1.165) is 42.5 Å². The Balaban J connectivity index is 0.000000211. The van der Waals surface area contributed by atoms with Crippen molar-refractivity contribution in [1.29, 1.82) is 0 Å². The van der Waals surface area contributed by atoms with Crippen molar-refractivity contribution < 1.29 is 156 Å². The molecule has 0 bridgehead atoms. The lowest BCUT2D eigenvalue weighted by atomic mass is 10.0. The second-order valence-corrected chi connectivity index (χ2v) is 39.7. The van der Waals surface area contributed by atoms with Gasteiger partial charge in [-0.25, -0.2) is 0 Å². The number of ketones is 6. The van der Waals surface area contributed by atoms with Crippen LogP contribution in [0.4, 0.5) is 0 Å². The highest BCUT2D eigenvalue weighted by Crippen LogP contribution is 2.55. The first-order valence-electron chi connectivity index (χ1n) is 32.7. The van der Waals surface area contributed by atoms with E-state index < -0.39 is 150 Å². The molecule has 0 amide bonds. The van der Waals surface area contributed by atoms with E-state index in [4.69, 9.17) is 0 Å². The van der Waals surface area contributed by atoms with E-state index in [0.29, 0.717) is 0 Å². The van der Waals surface area contributed by atoms with Gasteiger partial charge < -0.3 is 128 Å². The number of hydrogen-bond donors (Lipinski definition) is 25. The second-order valence-electron chi connectivity index (χ2n) is 24.5. The van der Waals surface area contributed by atoms with Crippen molar-refractivity contribution in [2.45, 2.75) is 0 Å². The van der Waals surface area contributed by atoms with Crippen molar-refractivity contribution in [2.24, 2.45) is 0 Å². The van der Waals surface area contributed by atoms with Gasteiger partial charge in [-0.05, 0) is 400 Å². The summed E-state index contributed by atoms with van der Waals surface area (Å²) in [6.45, 7) is 0. The number of hydrogen-bond acceptors (Lipinski definition) is 31. The molecule has 12 aromatic carbocycles.